The molecule has 2 rings (SSSR count). The number of hydrogen-bond acceptors (Lipinski definition) is 4. The van der Waals surface area contributed by atoms with Gasteiger partial charge in [0.1, 0.15) is 0 Å². The standard InChI is InChI=1S/C13H18ClN3O2/c1-19-10-4-6-17(7-5-10)12-3-2-9(8-11(12)14)13(15)16-18/h2-3,8,10,18H,4-7H2,1H3,(H2,15,16). The van der Waals surface area contributed by atoms with Crippen molar-refractivity contribution < 1.29 is 9.94 Å². The van der Waals surface area contributed by atoms with Crippen LogP contribution in [0.2, 0.25) is 5.02 Å². The predicted molar refractivity (Wildman–Crippen MR) is 76.2 cm³/mol. The molecule has 19 heavy (non-hydrogen) atoms. The van der Waals surface area contributed by atoms with Gasteiger partial charge in [-0.2, -0.15) is 0 Å². The summed E-state index contributed by atoms with van der Waals surface area (Å²) in [7, 11) is 1.75. The Morgan fingerprint density at radius 1 is 1.47 bits per heavy atom. The van der Waals surface area contributed by atoms with Crippen LogP contribution < -0.4 is 10.6 Å². The first-order valence-corrected chi connectivity index (χ1v) is 6.58. The SMILES string of the molecule is COC1CCN(c2ccc(C(N)=NO)cc2Cl)CC1. The molecule has 0 aromatic heterocycles. The van der Waals surface area contributed by atoms with Crippen molar-refractivity contribution in [3.8, 4) is 0 Å². The molecule has 1 saturated heterocycles. The van der Waals surface area contributed by atoms with E-state index in [4.69, 9.17) is 27.3 Å². The van der Waals surface area contributed by atoms with Gasteiger partial charge in [0, 0.05) is 25.8 Å². The van der Waals surface area contributed by atoms with E-state index in [9.17, 15) is 0 Å². The number of amidine groups is 1. The van der Waals surface area contributed by atoms with Crippen LogP contribution in [0.1, 0.15) is 18.4 Å². The number of hydrogen-bond donors (Lipinski definition) is 2. The molecule has 1 aromatic carbocycles. The van der Waals surface area contributed by atoms with Crippen LogP contribution in [0.3, 0.4) is 0 Å². The quantitative estimate of drug-likeness (QED) is 0.385. The molecular formula is C13H18ClN3O2. The summed E-state index contributed by atoms with van der Waals surface area (Å²) in [4.78, 5) is 2.23. The zero-order valence-corrected chi connectivity index (χ0v) is 11.6. The van der Waals surface area contributed by atoms with Crippen LogP contribution in [0.15, 0.2) is 23.4 Å². The van der Waals surface area contributed by atoms with Gasteiger partial charge in [-0.3, -0.25) is 0 Å². The van der Waals surface area contributed by atoms with Crippen LogP contribution in [0.25, 0.3) is 0 Å². The van der Waals surface area contributed by atoms with Crippen LogP contribution in [0.4, 0.5) is 5.69 Å². The second-order valence-corrected chi connectivity index (χ2v) is 4.98. The molecule has 1 aromatic rings. The summed E-state index contributed by atoms with van der Waals surface area (Å²) in [6.45, 7) is 1.84. The lowest BCUT2D eigenvalue weighted by Gasteiger charge is -2.33. The maximum Gasteiger partial charge on any atom is 0.170 e. The zero-order chi connectivity index (χ0) is 13.8. The van der Waals surface area contributed by atoms with Gasteiger partial charge in [0.25, 0.3) is 0 Å². The smallest absolute Gasteiger partial charge is 0.170 e. The minimum absolute atomic E-state index is 0.0616. The molecule has 0 radical (unpaired) electrons. The molecule has 5 nitrogen and oxygen atoms in total. The summed E-state index contributed by atoms with van der Waals surface area (Å²) in [5, 5.41) is 12.2. The summed E-state index contributed by atoms with van der Waals surface area (Å²) in [5.41, 5.74) is 7.13. The summed E-state index contributed by atoms with van der Waals surface area (Å²) >= 11 is 6.27. The maximum atomic E-state index is 8.65. The van der Waals surface area contributed by atoms with Crippen molar-refractivity contribution in [1.29, 1.82) is 0 Å². The average Bonchev–Trinajstić information content (AvgIpc) is 2.46. The average molecular weight is 284 g/mol. The Morgan fingerprint density at radius 2 is 2.16 bits per heavy atom. The Labute approximate surface area is 117 Å². The van der Waals surface area contributed by atoms with Crippen molar-refractivity contribution in [2.45, 2.75) is 18.9 Å². The number of rotatable bonds is 3. The number of piperidine rings is 1. The molecule has 104 valence electrons. The number of ether oxygens (including phenoxy) is 1. The Balaban J connectivity index is 2.14. The minimum atomic E-state index is 0.0616. The molecular weight excluding hydrogens is 266 g/mol. The molecule has 1 aliphatic heterocycles. The fraction of sp³-hybridized carbons (Fsp3) is 0.462. The lowest BCUT2D eigenvalue weighted by Crippen LogP contribution is -2.36. The van der Waals surface area contributed by atoms with Gasteiger partial charge < -0.3 is 20.6 Å². The van der Waals surface area contributed by atoms with Crippen molar-refractivity contribution in [3.05, 3.63) is 28.8 Å². The van der Waals surface area contributed by atoms with Crippen LogP contribution in [0.5, 0.6) is 0 Å². The van der Waals surface area contributed by atoms with Gasteiger partial charge in [0.2, 0.25) is 0 Å². The van der Waals surface area contributed by atoms with E-state index in [0.717, 1.165) is 31.6 Å². The van der Waals surface area contributed by atoms with Crippen molar-refractivity contribution in [1.82, 2.24) is 0 Å². The lowest BCUT2D eigenvalue weighted by atomic mass is 10.1. The third-order valence-corrected chi connectivity index (χ3v) is 3.77. The highest BCUT2D eigenvalue weighted by Crippen LogP contribution is 2.29. The van der Waals surface area contributed by atoms with E-state index >= 15 is 0 Å². The highest BCUT2D eigenvalue weighted by atomic mass is 35.5. The summed E-state index contributed by atoms with van der Waals surface area (Å²) in [6, 6.07) is 5.43. The lowest BCUT2D eigenvalue weighted by molar-refractivity contribution is 0.0819. The van der Waals surface area contributed by atoms with Crippen molar-refractivity contribution >= 4 is 23.1 Å². The normalized spacial score (nSPS) is 17.8. The monoisotopic (exact) mass is 283 g/mol. The first-order valence-electron chi connectivity index (χ1n) is 6.21. The van der Waals surface area contributed by atoms with Gasteiger partial charge in [0.15, 0.2) is 5.84 Å². The first-order chi connectivity index (χ1) is 9.15. The van der Waals surface area contributed by atoms with Gasteiger partial charge in [-0.15, -0.1) is 0 Å². The zero-order valence-electron chi connectivity index (χ0n) is 10.8. The van der Waals surface area contributed by atoms with E-state index in [-0.39, 0.29) is 5.84 Å². The van der Waals surface area contributed by atoms with E-state index in [1.165, 1.54) is 0 Å². The maximum absolute atomic E-state index is 8.65. The third kappa shape index (κ3) is 3.11. The van der Waals surface area contributed by atoms with Gasteiger partial charge >= 0.3 is 0 Å². The highest BCUT2D eigenvalue weighted by molar-refractivity contribution is 6.33. The Bertz CT molecular complexity index is 471. The van der Waals surface area contributed by atoms with E-state index in [1.807, 2.05) is 6.07 Å². The second-order valence-electron chi connectivity index (χ2n) is 4.57. The number of nitrogens with zero attached hydrogens (tertiary/aromatic N) is 2. The molecule has 0 spiro atoms. The number of nitrogens with two attached hydrogens (primary N) is 1. The van der Waals surface area contributed by atoms with Crippen LogP contribution in [-0.2, 0) is 4.74 Å². The first kappa shape index (κ1) is 14.0. The molecule has 0 atom stereocenters. The van der Waals surface area contributed by atoms with Gasteiger partial charge in [-0.05, 0) is 31.0 Å². The fourth-order valence-electron chi connectivity index (χ4n) is 2.31. The molecule has 0 bridgehead atoms. The molecule has 0 amide bonds. The Hall–Kier alpha value is -1.46. The summed E-state index contributed by atoms with van der Waals surface area (Å²) in [6.07, 6.45) is 2.33. The number of benzene rings is 1. The van der Waals surface area contributed by atoms with Crippen LogP contribution in [0, 0.1) is 0 Å². The van der Waals surface area contributed by atoms with E-state index in [2.05, 4.69) is 10.1 Å². The molecule has 1 heterocycles. The minimum Gasteiger partial charge on any atom is -0.409 e. The highest BCUT2D eigenvalue weighted by Gasteiger charge is 2.20. The molecule has 1 aliphatic rings. The van der Waals surface area contributed by atoms with Crippen LogP contribution in [-0.4, -0.2) is 37.3 Å². The van der Waals surface area contributed by atoms with E-state index in [0.29, 0.717) is 16.7 Å². The number of halogens is 1. The molecule has 6 heteroatoms. The van der Waals surface area contributed by atoms with Gasteiger partial charge in [-0.25, -0.2) is 0 Å². The number of anilines is 1. The molecule has 0 saturated carbocycles. The van der Waals surface area contributed by atoms with Crippen molar-refractivity contribution in [2.24, 2.45) is 10.9 Å². The predicted octanol–water partition coefficient (Wildman–Crippen LogP) is 2.05. The number of methoxy groups -OCH3 is 1. The Kier molecular flexibility index (Phi) is 4.50. The van der Waals surface area contributed by atoms with E-state index < -0.39 is 0 Å². The van der Waals surface area contributed by atoms with Gasteiger partial charge in [0.05, 0.1) is 16.8 Å². The van der Waals surface area contributed by atoms with Crippen molar-refractivity contribution in [2.75, 3.05) is 25.1 Å². The topological polar surface area (TPSA) is 71.1 Å². The number of oxime groups is 1. The second kappa shape index (κ2) is 6.12. The third-order valence-electron chi connectivity index (χ3n) is 3.47. The molecule has 1 fully saturated rings. The Morgan fingerprint density at radius 3 is 2.68 bits per heavy atom. The van der Waals surface area contributed by atoms with Crippen molar-refractivity contribution in [3.63, 3.8) is 0 Å². The van der Waals surface area contributed by atoms with E-state index in [1.54, 1.807) is 19.2 Å². The molecule has 0 unspecified atom stereocenters. The summed E-state index contributed by atoms with van der Waals surface area (Å²) < 4.78 is 5.35. The summed E-state index contributed by atoms with van der Waals surface area (Å²) in [5.74, 6) is 0.0616. The largest absolute Gasteiger partial charge is 0.409 e. The molecule has 0 aliphatic carbocycles. The van der Waals surface area contributed by atoms with Gasteiger partial charge in [-0.1, -0.05) is 16.8 Å². The molecule has 3 N–H and O–H groups in total. The van der Waals surface area contributed by atoms with Crippen LogP contribution >= 0.6 is 11.6 Å². The fourth-order valence-corrected chi connectivity index (χ4v) is 2.61.